The highest BCUT2D eigenvalue weighted by molar-refractivity contribution is 5.36. The summed E-state index contributed by atoms with van der Waals surface area (Å²) >= 11 is 0. The lowest BCUT2D eigenvalue weighted by molar-refractivity contribution is 0.589. The van der Waals surface area contributed by atoms with Gasteiger partial charge in [0, 0.05) is 17.8 Å². The van der Waals surface area contributed by atoms with Gasteiger partial charge >= 0.3 is 0 Å². The van der Waals surface area contributed by atoms with E-state index < -0.39 is 0 Å². The molecule has 0 aliphatic rings. The summed E-state index contributed by atoms with van der Waals surface area (Å²) in [6.07, 6.45) is 2.07. The molecule has 0 aliphatic carbocycles. The van der Waals surface area contributed by atoms with Crippen LogP contribution >= 0.6 is 0 Å². The second-order valence-corrected chi connectivity index (χ2v) is 5.58. The zero-order chi connectivity index (χ0) is 15.4. The van der Waals surface area contributed by atoms with Gasteiger partial charge in [-0.25, -0.2) is 0 Å². The maximum absolute atomic E-state index is 12.8. The van der Waals surface area contributed by atoms with E-state index in [1.165, 1.54) is 0 Å². The number of nitrogens with two attached hydrogens (primary N) is 1. The van der Waals surface area contributed by atoms with E-state index in [0.29, 0.717) is 5.56 Å². The number of unbranched alkanes of at least 4 members (excludes halogenated alkanes) is 1. The van der Waals surface area contributed by atoms with Crippen LogP contribution in [0.3, 0.4) is 0 Å². The molecule has 112 valence electrons. The minimum atomic E-state index is -0.368. The molecule has 0 amide bonds. The molecule has 0 spiro atoms. The van der Waals surface area contributed by atoms with Gasteiger partial charge in [-0.3, -0.25) is 4.79 Å². The number of benzene rings is 1. The van der Waals surface area contributed by atoms with Crippen molar-refractivity contribution >= 4 is 0 Å². The lowest BCUT2D eigenvalue weighted by Crippen LogP contribution is -2.31. The van der Waals surface area contributed by atoms with E-state index >= 15 is 0 Å². The summed E-state index contributed by atoms with van der Waals surface area (Å²) in [6, 6.07) is 11.5. The average molecular weight is 284 g/mol. The number of aryl methyl sites for hydroxylation is 2. The van der Waals surface area contributed by atoms with E-state index in [4.69, 9.17) is 5.73 Å². The molecule has 2 aromatic rings. The fourth-order valence-electron chi connectivity index (χ4n) is 2.74. The summed E-state index contributed by atoms with van der Waals surface area (Å²) in [4.78, 5) is 12.8. The monoisotopic (exact) mass is 284 g/mol. The third-order valence-electron chi connectivity index (χ3n) is 3.96. The van der Waals surface area contributed by atoms with Crippen LogP contribution in [0.2, 0.25) is 0 Å². The van der Waals surface area contributed by atoms with Crippen LogP contribution in [-0.4, -0.2) is 4.57 Å². The predicted molar refractivity (Wildman–Crippen MR) is 87.6 cm³/mol. The Morgan fingerprint density at radius 3 is 2.48 bits per heavy atom. The Morgan fingerprint density at radius 1 is 1.19 bits per heavy atom. The predicted octanol–water partition coefficient (Wildman–Crippen LogP) is 3.31. The highest BCUT2D eigenvalue weighted by Crippen LogP contribution is 2.20. The molecule has 1 unspecified atom stereocenters. The molecule has 21 heavy (non-hydrogen) atoms. The molecule has 0 aliphatic heterocycles. The highest BCUT2D eigenvalue weighted by atomic mass is 16.1. The fraction of sp³-hybridized carbons (Fsp3) is 0.389. The molecule has 3 heteroatoms. The van der Waals surface area contributed by atoms with Gasteiger partial charge in [0.05, 0.1) is 6.04 Å². The Bertz CT molecular complexity index is 659. The molecule has 1 atom stereocenters. The lowest BCUT2D eigenvalue weighted by Gasteiger charge is -2.19. The zero-order valence-corrected chi connectivity index (χ0v) is 13.1. The summed E-state index contributed by atoms with van der Waals surface area (Å²) < 4.78 is 1.86. The molecule has 1 heterocycles. The van der Waals surface area contributed by atoms with Crippen molar-refractivity contribution in [3.05, 3.63) is 69.1 Å². The first kappa shape index (κ1) is 15.5. The minimum Gasteiger partial charge on any atom is -0.320 e. The smallest absolute Gasteiger partial charge is 0.256 e. The first-order chi connectivity index (χ1) is 10.1. The Labute approximate surface area is 126 Å². The maximum atomic E-state index is 12.8. The van der Waals surface area contributed by atoms with Gasteiger partial charge < -0.3 is 10.3 Å². The van der Waals surface area contributed by atoms with Crippen molar-refractivity contribution < 1.29 is 0 Å². The van der Waals surface area contributed by atoms with E-state index in [1.54, 1.807) is 0 Å². The van der Waals surface area contributed by atoms with Crippen LogP contribution in [0.15, 0.2) is 41.2 Å². The third kappa shape index (κ3) is 3.24. The second kappa shape index (κ2) is 6.72. The number of pyridine rings is 1. The molecule has 0 saturated heterocycles. The summed E-state index contributed by atoms with van der Waals surface area (Å²) in [7, 11) is 0. The number of nitrogens with zero attached hydrogens (tertiary/aromatic N) is 1. The minimum absolute atomic E-state index is 0.0531. The summed E-state index contributed by atoms with van der Waals surface area (Å²) in [5.74, 6) is 0. The van der Waals surface area contributed by atoms with Crippen molar-refractivity contribution in [1.29, 1.82) is 0 Å². The van der Waals surface area contributed by atoms with Crippen molar-refractivity contribution in [2.45, 2.75) is 46.2 Å². The number of hydrogen-bond donors (Lipinski definition) is 1. The van der Waals surface area contributed by atoms with Crippen LogP contribution in [0.4, 0.5) is 0 Å². The lowest BCUT2D eigenvalue weighted by atomic mass is 9.96. The van der Waals surface area contributed by atoms with Gasteiger partial charge in [-0.1, -0.05) is 43.7 Å². The highest BCUT2D eigenvalue weighted by Gasteiger charge is 2.18. The molecular formula is C18H24N2O. The van der Waals surface area contributed by atoms with Gasteiger partial charge in [0.25, 0.3) is 5.56 Å². The molecule has 2 N–H and O–H groups in total. The van der Waals surface area contributed by atoms with Crippen molar-refractivity contribution in [3.63, 3.8) is 0 Å². The van der Waals surface area contributed by atoms with E-state index in [1.807, 2.05) is 48.7 Å². The zero-order valence-electron chi connectivity index (χ0n) is 13.1. The summed E-state index contributed by atoms with van der Waals surface area (Å²) in [5, 5.41) is 0. The van der Waals surface area contributed by atoms with Crippen molar-refractivity contribution in [2.75, 3.05) is 0 Å². The van der Waals surface area contributed by atoms with Crippen molar-refractivity contribution in [1.82, 2.24) is 4.57 Å². The van der Waals surface area contributed by atoms with Crippen LogP contribution in [0.25, 0.3) is 0 Å². The molecule has 1 aromatic heterocycles. The Balaban J connectivity index is 2.51. The first-order valence-corrected chi connectivity index (χ1v) is 7.57. The normalized spacial score (nSPS) is 12.4. The second-order valence-electron chi connectivity index (χ2n) is 5.58. The Morgan fingerprint density at radius 2 is 1.86 bits per heavy atom. The fourth-order valence-corrected chi connectivity index (χ4v) is 2.74. The maximum Gasteiger partial charge on any atom is 0.256 e. The molecule has 2 rings (SSSR count). The van der Waals surface area contributed by atoms with Gasteiger partial charge in [-0.05, 0) is 37.5 Å². The Hall–Kier alpha value is -1.87. The van der Waals surface area contributed by atoms with Crippen LogP contribution in [0.1, 0.15) is 48.2 Å². The molecular weight excluding hydrogens is 260 g/mol. The quantitative estimate of drug-likeness (QED) is 0.915. The van der Waals surface area contributed by atoms with Crippen molar-refractivity contribution in [2.24, 2.45) is 5.73 Å². The first-order valence-electron chi connectivity index (χ1n) is 7.57. The van der Waals surface area contributed by atoms with E-state index in [0.717, 1.165) is 36.2 Å². The van der Waals surface area contributed by atoms with Gasteiger partial charge in [0.2, 0.25) is 0 Å². The van der Waals surface area contributed by atoms with Crippen LogP contribution in [-0.2, 0) is 6.54 Å². The van der Waals surface area contributed by atoms with E-state index in [-0.39, 0.29) is 11.6 Å². The molecule has 0 bridgehead atoms. The third-order valence-corrected chi connectivity index (χ3v) is 3.96. The molecule has 1 aromatic carbocycles. The summed E-state index contributed by atoms with van der Waals surface area (Å²) in [6.45, 7) is 6.85. The number of rotatable bonds is 5. The standard InChI is InChI=1S/C18H24N2O/c1-4-5-11-20-14(3)12-13(2)16(18(20)21)17(19)15-9-7-6-8-10-15/h6-10,12,17H,4-5,11,19H2,1-3H3. The largest absolute Gasteiger partial charge is 0.320 e. The van der Waals surface area contributed by atoms with Crippen LogP contribution < -0.4 is 11.3 Å². The van der Waals surface area contributed by atoms with Gasteiger partial charge in [0.1, 0.15) is 0 Å². The number of aromatic nitrogens is 1. The molecule has 0 fully saturated rings. The Kier molecular flexibility index (Phi) is 4.97. The van der Waals surface area contributed by atoms with Crippen LogP contribution in [0, 0.1) is 13.8 Å². The number of hydrogen-bond acceptors (Lipinski definition) is 2. The molecule has 0 saturated carbocycles. The molecule has 3 nitrogen and oxygen atoms in total. The van der Waals surface area contributed by atoms with Crippen LogP contribution in [0.5, 0.6) is 0 Å². The van der Waals surface area contributed by atoms with Gasteiger partial charge in [0.15, 0.2) is 0 Å². The van der Waals surface area contributed by atoms with E-state index in [9.17, 15) is 4.79 Å². The summed E-state index contributed by atoms with van der Waals surface area (Å²) in [5.41, 5.74) is 10.1. The topological polar surface area (TPSA) is 48.0 Å². The van der Waals surface area contributed by atoms with E-state index in [2.05, 4.69) is 13.0 Å². The SMILES string of the molecule is CCCCn1c(C)cc(C)c(C(N)c2ccccc2)c1=O. The van der Waals surface area contributed by atoms with Gasteiger partial charge in [-0.15, -0.1) is 0 Å². The molecule has 0 radical (unpaired) electrons. The average Bonchev–Trinajstić information content (AvgIpc) is 2.47. The van der Waals surface area contributed by atoms with Crippen molar-refractivity contribution in [3.8, 4) is 0 Å². The van der Waals surface area contributed by atoms with Gasteiger partial charge in [-0.2, -0.15) is 0 Å².